The second-order valence-corrected chi connectivity index (χ2v) is 7.08. The molecule has 3 rings (SSSR count). The van der Waals surface area contributed by atoms with Crippen LogP contribution in [-0.4, -0.2) is 29.2 Å². The summed E-state index contributed by atoms with van der Waals surface area (Å²) in [7, 11) is 0. The van der Waals surface area contributed by atoms with E-state index in [-0.39, 0.29) is 24.7 Å². The molecule has 0 saturated heterocycles. The Balaban J connectivity index is 1.77. The third-order valence-electron chi connectivity index (χ3n) is 4.67. The monoisotopic (exact) mass is 344 g/mol. The molecular formula is C19H24N2O2S. The van der Waals surface area contributed by atoms with Crippen LogP contribution in [0, 0.1) is 0 Å². The summed E-state index contributed by atoms with van der Waals surface area (Å²) in [4.78, 5) is 15.9. The SMILES string of the molecule is CCC(NC(=O)N(CCO)C1CCc2ccccc21)c1cccs1. The molecule has 2 atom stereocenters. The van der Waals surface area contributed by atoms with Crippen molar-refractivity contribution in [2.45, 2.75) is 38.3 Å². The topological polar surface area (TPSA) is 52.6 Å². The highest BCUT2D eigenvalue weighted by atomic mass is 32.1. The van der Waals surface area contributed by atoms with E-state index in [0.29, 0.717) is 6.54 Å². The average Bonchev–Trinajstić information content (AvgIpc) is 3.27. The first-order valence-corrected chi connectivity index (χ1v) is 9.41. The highest BCUT2D eigenvalue weighted by Gasteiger charge is 2.31. The summed E-state index contributed by atoms with van der Waals surface area (Å²) in [6.45, 7) is 2.40. The molecule has 0 bridgehead atoms. The molecule has 1 aromatic carbocycles. The fourth-order valence-corrected chi connectivity index (χ4v) is 4.32. The number of benzene rings is 1. The number of aliphatic hydroxyl groups excluding tert-OH is 1. The summed E-state index contributed by atoms with van der Waals surface area (Å²) in [5.41, 5.74) is 2.52. The molecule has 2 N–H and O–H groups in total. The number of carbonyl (C=O) groups is 1. The van der Waals surface area contributed by atoms with Gasteiger partial charge in [0.15, 0.2) is 0 Å². The lowest BCUT2D eigenvalue weighted by Gasteiger charge is -2.31. The first-order chi connectivity index (χ1) is 11.7. The molecule has 0 aliphatic heterocycles. The van der Waals surface area contributed by atoms with Crippen LogP contribution >= 0.6 is 11.3 Å². The van der Waals surface area contributed by atoms with E-state index in [0.717, 1.165) is 19.3 Å². The van der Waals surface area contributed by atoms with E-state index >= 15 is 0 Å². The van der Waals surface area contributed by atoms with Crippen molar-refractivity contribution in [2.24, 2.45) is 0 Å². The molecule has 128 valence electrons. The predicted molar refractivity (Wildman–Crippen MR) is 97.2 cm³/mol. The largest absolute Gasteiger partial charge is 0.395 e. The Labute approximate surface area is 147 Å². The van der Waals surface area contributed by atoms with Gasteiger partial charge in [-0.2, -0.15) is 0 Å². The van der Waals surface area contributed by atoms with E-state index < -0.39 is 0 Å². The van der Waals surface area contributed by atoms with Crippen molar-refractivity contribution in [2.75, 3.05) is 13.2 Å². The number of aliphatic hydroxyl groups is 1. The van der Waals surface area contributed by atoms with Gasteiger partial charge in [-0.3, -0.25) is 0 Å². The minimum absolute atomic E-state index is 0.0235. The van der Waals surface area contributed by atoms with Gasteiger partial charge >= 0.3 is 6.03 Å². The number of carbonyl (C=O) groups excluding carboxylic acids is 1. The Morgan fingerprint density at radius 3 is 2.92 bits per heavy atom. The third-order valence-corrected chi connectivity index (χ3v) is 5.66. The quantitative estimate of drug-likeness (QED) is 0.835. The number of hydrogen-bond donors (Lipinski definition) is 2. The maximum absolute atomic E-state index is 12.9. The zero-order valence-corrected chi connectivity index (χ0v) is 14.8. The van der Waals surface area contributed by atoms with Gasteiger partial charge < -0.3 is 15.3 Å². The van der Waals surface area contributed by atoms with Gasteiger partial charge in [0.1, 0.15) is 0 Å². The van der Waals surface area contributed by atoms with Crippen molar-refractivity contribution < 1.29 is 9.90 Å². The molecule has 1 aliphatic carbocycles. The van der Waals surface area contributed by atoms with Gasteiger partial charge in [-0.1, -0.05) is 37.3 Å². The summed E-state index contributed by atoms with van der Waals surface area (Å²) in [5.74, 6) is 0. The van der Waals surface area contributed by atoms with E-state index in [1.54, 1.807) is 16.2 Å². The fourth-order valence-electron chi connectivity index (χ4n) is 3.46. The van der Waals surface area contributed by atoms with Crippen molar-refractivity contribution in [1.29, 1.82) is 0 Å². The van der Waals surface area contributed by atoms with Gasteiger partial charge in [0.05, 0.1) is 18.7 Å². The van der Waals surface area contributed by atoms with Gasteiger partial charge in [0, 0.05) is 11.4 Å². The number of rotatable bonds is 6. The standard InChI is InChI=1S/C19H24N2O2S/c1-2-16(18-8-5-13-24-18)20-19(23)21(11-12-22)17-10-9-14-6-3-4-7-15(14)17/h3-8,13,16-17,22H,2,9-12H2,1H3,(H,20,23). The highest BCUT2D eigenvalue weighted by Crippen LogP contribution is 2.35. The average molecular weight is 344 g/mol. The molecule has 1 aliphatic rings. The van der Waals surface area contributed by atoms with Crippen LogP contribution in [0.2, 0.25) is 0 Å². The number of hydrogen-bond acceptors (Lipinski definition) is 3. The smallest absolute Gasteiger partial charge is 0.318 e. The van der Waals surface area contributed by atoms with Gasteiger partial charge in [0.25, 0.3) is 0 Å². The number of aryl methyl sites for hydroxylation is 1. The Morgan fingerprint density at radius 1 is 1.38 bits per heavy atom. The molecule has 2 unspecified atom stereocenters. The van der Waals surface area contributed by atoms with Crippen molar-refractivity contribution in [1.82, 2.24) is 10.2 Å². The third kappa shape index (κ3) is 3.47. The van der Waals surface area contributed by atoms with Crippen LogP contribution < -0.4 is 5.32 Å². The molecule has 1 aromatic heterocycles. The second kappa shape index (κ2) is 7.81. The maximum Gasteiger partial charge on any atom is 0.318 e. The van der Waals surface area contributed by atoms with Crippen molar-refractivity contribution >= 4 is 17.4 Å². The summed E-state index contributed by atoms with van der Waals surface area (Å²) in [6.07, 6.45) is 2.75. The van der Waals surface area contributed by atoms with Crippen LogP contribution in [0.4, 0.5) is 4.79 Å². The first kappa shape index (κ1) is 17.0. The van der Waals surface area contributed by atoms with Crippen LogP contribution in [0.25, 0.3) is 0 Å². The molecule has 0 saturated carbocycles. The zero-order valence-electron chi connectivity index (χ0n) is 13.9. The minimum atomic E-state index is -0.0917. The molecule has 4 nitrogen and oxygen atoms in total. The number of thiophene rings is 1. The van der Waals surface area contributed by atoms with Crippen LogP contribution in [0.1, 0.15) is 47.9 Å². The van der Waals surface area contributed by atoms with E-state index in [2.05, 4.69) is 30.4 Å². The lowest BCUT2D eigenvalue weighted by molar-refractivity contribution is 0.148. The molecule has 2 aromatic rings. The summed E-state index contributed by atoms with van der Waals surface area (Å²) in [5, 5.41) is 14.6. The van der Waals surface area contributed by atoms with Crippen molar-refractivity contribution in [3.63, 3.8) is 0 Å². The van der Waals surface area contributed by atoms with Crippen LogP contribution in [-0.2, 0) is 6.42 Å². The molecule has 2 amide bonds. The van der Waals surface area contributed by atoms with Crippen molar-refractivity contribution in [3.8, 4) is 0 Å². The number of nitrogens with one attached hydrogen (secondary N) is 1. The Hall–Kier alpha value is -1.85. The van der Waals surface area contributed by atoms with Crippen LogP contribution in [0.15, 0.2) is 41.8 Å². The highest BCUT2D eigenvalue weighted by molar-refractivity contribution is 7.10. The van der Waals surface area contributed by atoms with Crippen LogP contribution in [0.5, 0.6) is 0 Å². The molecule has 5 heteroatoms. The normalized spacial score (nSPS) is 17.3. The molecule has 0 fully saturated rings. The molecule has 0 radical (unpaired) electrons. The number of fused-ring (bicyclic) bond motifs is 1. The summed E-state index contributed by atoms with van der Waals surface area (Å²) in [6, 6.07) is 12.3. The second-order valence-electron chi connectivity index (χ2n) is 6.10. The van der Waals surface area contributed by atoms with Crippen molar-refractivity contribution in [3.05, 3.63) is 57.8 Å². The number of amides is 2. The minimum Gasteiger partial charge on any atom is -0.395 e. The van der Waals surface area contributed by atoms with Gasteiger partial charge in [-0.05, 0) is 41.8 Å². The first-order valence-electron chi connectivity index (χ1n) is 8.53. The van der Waals surface area contributed by atoms with E-state index in [4.69, 9.17) is 0 Å². The number of urea groups is 1. The Bertz CT molecular complexity index is 672. The maximum atomic E-state index is 12.9. The summed E-state index contributed by atoms with van der Waals surface area (Å²) < 4.78 is 0. The Morgan fingerprint density at radius 2 is 2.21 bits per heavy atom. The van der Waals surface area contributed by atoms with E-state index in [1.807, 2.05) is 23.6 Å². The lowest BCUT2D eigenvalue weighted by Crippen LogP contribution is -2.44. The fraction of sp³-hybridized carbons (Fsp3) is 0.421. The predicted octanol–water partition coefficient (Wildman–Crippen LogP) is 3.89. The Kier molecular flexibility index (Phi) is 5.53. The molecule has 0 spiro atoms. The molecular weight excluding hydrogens is 320 g/mol. The van der Waals surface area contributed by atoms with Crippen LogP contribution in [0.3, 0.4) is 0 Å². The van der Waals surface area contributed by atoms with E-state index in [9.17, 15) is 9.90 Å². The van der Waals surface area contributed by atoms with Gasteiger partial charge in [-0.25, -0.2) is 4.79 Å². The van der Waals surface area contributed by atoms with E-state index in [1.165, 1.54) is 16.0 Å². The lowest BCUT2D eigenvalue weighted by atomic mass is 10.1. The molecule has 1 heterocycles. The molecule has 24 heavy (non-hydrogen) atoms. The zero-order chi connectivity index (χ0) is 16.9. The van der Waals surface area contributed by atoms with Gasteiger partial charge in [-0.15, -0.1) is 11.3 Å². The van der Waals surface area contributed by atoms with Gasteiger partial charge in [0.2, 0.25) is 0 Å². The summed E-state index contributed by atoms with van der Waals surface area (Å²) >= 11 is 1.66. The number of nitrogens with zero attached hydrogens (tertiary/aromatic N) is 1.